The van der Waals surface area contributed by atoms with Crippen molar-refractivity contribution in [2.45, 2.75) is 37.1 Å². The highest BCUT2D eigenvalue weighted by molar-refractivity contribution is 7.89. The Kier molecular flexibility index (Phi) is 6.20. The molecule has 0 radical (unpaired) electrons. The highest BCUT2D eigenvalue weighted by Gasteiger charge is 2.35. The third kappa shape index (κ3) is 4.47. The zero-order valence-electron chi connectivity index (χ0n) is 13.3. The Morgan fingerprint density at radius 2 is 2.04 bits per heavy atom. The third-order valence-electron chi connectivity index (χ3n) is 3.89. The van der Waals surface area contributed by atoms with Gasteiger partial charge in [-0.1, -0.05) is 12.3 Å². The molecule has 0 bridgehead atoms. The lowest BCUT2D eigenvalue weighted by molar-refractivity contribution is -0.133. The van der Waals surface area contributed by atoms with Crippen LogP contribution >= 0.6 is 0 Å². The van der Waals surface area contributed by atoms with E-state index in [0.29, 0.717) is 18.6 Å². The first-order valence-corrected chi connectivity index (χ1v) is 9.05. The van der Waals surface area contributed by atoms with Crippen LogP contribution in [-0.2, 0) is 14.8 Å². The van der Waals surface area contributed by atoms with Gasteiger partial charge in [-0.25, -0.2) is 18.6 Å². The first-order valence-electron chi connectivity index (χ1n) is 7.56. The van der Waals surface area contributed by atoms with Crippen molar-refractivity contribution in [3.05, 3.63) is 24.3 Å². The SMILES string of the molecule is CC#CCOc1ccc(S(=O)(=O)N[C@H]2CCC[C@H]2C(=O)NO)cc1. The minimum atomic E-state index is -3.76. The predicted octanol–water partition coefficient (Wildman–Crippen LogP) is 1.04. The Labute approximate surface area is 141 Å². The molecule has 1 aromatic rings. The van der Waals surface area contributed by atoms with Crippen molar-refractivity contribution in [3.8, 4) is 17.6 Å². The fraction of sp³-hybridized carbons (Fsp3) is 0.438. The molecule has 8 heteroatoms. The number of amides is 1. The smallest absolute Gasteiger partial charge is 0.248 e. The fourth-order valence-electron chi connectivity index (χ4n) is 2.67. The van der Waals surface area contributed by atoms with Gasteiger partial charge in [0.1, 0.15) is 12.4 Å². The number of carbonyl (C=O) groups is 1. The van der Waals surface area contributed by atoms with Crippen molar-refractivity contribution in [2.24, 2.45) is 5.92 Å². The summed E-state index contributed by atoms with van der Waals surface area (Å²) in [7, 11) is -3.76. The molecule has 2 rings (SSSR count). The van der Waals surface area contributed by atoms with Crippen molar-refractivity contribution in [1.29, 1.82) is 0 Å². The van der Waals surface area contributed by atoms with E-state index < -0.39 is 27.9 Å². The van der Waals surface area contributed by atoms with Gasteiger partial charge in [-0.15, -0.1) is 5.92 Å². The molecular weight excluding hydrogens is 332 g/mol. The zero-order valence-corrected chi connectivity index (χ0v) is 14.1. The maximum absolute atomic E-state index is 12.4. The number of carbonyl (C=O) groups excluding carboxylic acids is 1. The Morgan fingerprint density at radius 1 is 1.33 bits per heavy atom. The number of sulfonamides is 1. The minimum absolute atomic E-state index is 0.0893. The van der Waals surface area contributed by atoms with Crippen LogP contribution in [0.4, 0.5) is 0 Å². The van der Waals surface area contributed by atoms with Crippen LogP contribution in [0.1, 0.15) is 26.2 Å². The van der Waals surface area contributed by atoms with Crippen LogP contribution in [-0.4, -0.2) is 32.2 Å². The molecule has 1 fully saturated rings. The molecule has 2 atom stereocenters. The summed E-state index contributed by atoms with van der Waals surface area (Å²) in [5.41, 5.74) is 1.59. The van der Waals surface area contributed by atoms with Gasteiger partial charge >= 0.3 is 0 Å². The highest BCUT2D eigenvalue weighted by atomic mass is 32.2. The van der Waals surface area contributed by atoms with Crippen molar-refractivity contribution in [1.82, 2.24) is 10.2 Å². The molecule has 0 unspecified atom stereocenters. The third-order valence-corrected chi connectivity index (χ3v) is 5.40. The molecule has 130 valence electrons. The minimum Gasteiger partial charge on any atom is -0.481 e. The van der Waals surface area contributed by atoms with Gasteiger partial charge in [0, 0.05) is 6.04 Å². The van der Waals surface area contributed by atoms with Crippen LogP contribution in [0.2, 0.25) is 0 Å². The summed E-state index contributed by atoms with van der Waals surface area (Å²) < 4.78 is 32.8. The first-order chi connectivity index (χ1) is 11.5. The maximum atomic E-state index is 12.4. The normalized spacial score (nSPS) is 20.1. The Balaban J connectivity index is 2.06. The van der Waals surface area contributed by atoms with Gasteiger partial charge in [-0.05, 0) is 44.0 Å². The molecule has 0 heterocycles. The molecule has 24 heavy (non-hydrogen) atoms. The van der Waals surface area contributed by atoms with E-state index in [1.807, 2.05) is 0 Å². The van der Waals surface area contributed by atoms with E-state index in [9.17, 15) is 13.2 Å². The van der Waals surface area contributed by atoms with Crippen molar-refractivity contribution >= 4 is 15.9 Å². The summed E-state index contributed by atoms with van der Waals surface area (Å²) in [6.45, 7) is 1.94. The van der Waals surface area contributed by atoms with Gasteiger partial charge in [-0.2, -0.15) is 0 Å². The molecule has 1 amide bonds. The molecule has 0 saturated heterocycles. The van der Waals surface area contributed by atoms with E-state index in [2.05, 4.69) is 16.6 Å². The maximum Gasteiger partial charge on any atom is 0.248 e. The van der Waals surface area contributed by atoms with Gasteiger partial charge in [0.05, 0.1) is 10.8 Å². The fourth-order valence-corrected chi connectivity index (χ4v) is 3.98. The second kappa shape index (κ2) is 8.15. The highest BCUT2D eigenvalue weighted by Crippen LogP contribution is 2.27. The van der Waals surface area contributed by atoms with Crippen LogP contribution in [0.3, 0.4) is 0 Å². The molecule has 0 aromatic heterocycles. The standard InChI is InChI=1S/C16H20N2O5S/c1-2-3-11-23-12-7-9-13(10-8-12)24(21,22)18-15-6-4-5-14(15)16(19)17-20/h7-10,14-15,18,20H,4-6,11H2,1H3,(H,17,19)/t14-,15+/m1/s1. The number of hydrogen-bond acceptors (Lipinski definition) is 5. The molecular formula is C16H20N2O5S. The Bertz CT molecular complexity index is 734. The van der Waals surface area contributed by atoms with Gasteiger partial charge in [-0.3, -0.25) is 10.0 Å². The van der Waals surface area contributed by atoms with Gasteiger partial charge in [0.2, 0.25) is 15.9 Å². The molecule has 0 spiro atoms. The largest absolute Gasteiger partial charge is 0.481 e. The number of ether oxygens (including phenoxy) is 1. The van der Waals surface area contributed by atoms with Crippen LogP contribution in [0, 0.1) is 17.8 Å². The van der Waals surface area contributed by atoms with Crippen LogP contribution in [0.15, 0.2) is 29.2 Å². The molecule has 7 nitrogen and oxygen atoms in total. The summed E-state index contributed by atoms with van der Waals surface area (Å²) in [6.07, 6.45) is 1.80. The van der Waals surface area contributed by atoms with Gasteiger partial charge < -0.3 is 4.74 Å². The quantitative estimate of drug-likeness (QED) is 0.403. The van der Waals surface area contributed by atoms with E-state index >= 15 is 0 Å². The van der Waals surface area contributed by atoms with E-state index in [0.717, 1.165) is 6.42 Å². The number of hydrogen-bond donors (Lipinski definition) is 3. The monoisotopic (exact) mass is 352 g/mol. The summed E-state index contributed by atoms with van der Waals surface area (Å²) >= 11 is 0. The summed E-state index contributed by atoms with van der Waals surface area (Å²) in [5.74, 6) is 4.84. The predicted molar refractivity (Wildman–Crippen MR) is 86.8 cm³/mol. The van der Waals surface area contributed by atoms with Crippen LogP contribution < -0.4 is 14.9 Å². The number of hydroxylamine groups is 1. The van der Waals surface area contributed by atoms with E-state index in [-0.39, 0.29) is 11.5 Å². The number of nitrogens with one attached hydrogen (secondary N) is 2. The molecule has 1 saturated carbocycles. The van der Waals surface area contributed by atoms with E-state index in [1.165, 1.54) is 12.1 Å². The topological polar surface area (TPSA) is 105 Å². The lowest BCUT2D eigenvalue weighted by atomic mass is 10.0. The van der Waals surface area contributed by atoms with Gasteiger partial charge in [0.15, 0.2) is 0 Å². The first kappa shape index (κ1) is 18.3. The lowest BCUT2D eigenvalue weighted by Crippen LogP contribution is -2.43. The van der Waals surface area contributed by atoms with Crippen molar-refractivity contribution < 1.29 is 23.2 Å². The second-order valence-corrected chi connectivity index (χ2v) is 7.14. The average Bonchev–Trinajstić information content (AvgIpc) is 3.02. The summed E-state index contributed by atoms with van der Waals surface area (Å²) in [6, 6.07) is 5.45. The molecule has 3 N–H and O–H groups in total. The van der Waals surface area contributed by atoms with Crippen molar-refractivity contribution in [2.75, 3.05) is 6.61 Å². The average molecular weight is 352 g/mol. The molecule has 1 aliphatic rings. The van der Waals surface area contributed by atoms with E-state index in [1.54, 1.807) is 24.5 Å². The Hall–Kier alpha value is -2.08. The van der Waals surface area contributed by atoms with E-state index in [4.69, 9.17) is 9.94 Å². The lowest BCUT2D eigenvalue weighted by Gasteiger charge is -2.19. The molecule has 1 aliphatic carbocycles. The second-order valence-electron chi connectivity index (χ2n) is 5.43. The van der Waals surface area contributed by atoms with Gasteiger partial charge in [0.25, 0.3) is 0 Å². The van der Waals surface area contributed by atoms with Crippen LogP contribution in [0.5, 0.6) is 5.75 Å². The number of benzene rings is 1. The van der Waals surface area contributed by atoms with Crippen LogP contribution in [0.25, 0.3) is 0 Å². The molecule has 1 aromatic carbocycles. The summed E-state index contributed by atoms with van der Waals surface area (Å²) in [5, 5.41) is 8.75. The Morgan fingerprint density at radius 3 is 2.67 bits per heavy atom. The summed E-state index contributed by atoms with van der Waals surface area (Å²) in [4.78, 5) is 11.7. The number of rotatable bonds is 6. The molecule has 0 aliphatic heterocycles. The zero-order chi connectivity index (χ0) is 17.6. The van der Waals surface area contributed by atoms with Crippen molar-refractivity contribution in [3.63, 3.8) is 0 Å².